The van der Waals surface area contributed by atoms with Crippen molar-refractivity contribution in [1.82, 2.24) is 4.57 Å². The number of esters is 1. The zero-order chi connectivity index (χ0) is 20.0. The molecule has 1 aromatic carbocycles. The van der Waals surface area contributed by atoms with E-state index in [4.69, 9.17) is 4.74 Å². The van der Waals surface area contributed by atoms with Crippen LogP contribution in [0, 0.1) is 13.8 Å². The van der Waals surface area contributed by atoms with Crippen LogP contribution in [0.1, 0.15) is 54.7 Å². The first-order valence-electron chi connectivity index (χ1n) is 9.21. The number of aryl methyl sites for hydroxylation is 1. The van der Waals surface area contributed by atoms with Crippen molar-refractivity contribution in [1.29, 1.82) is 0 Å². The maximum absolute atomic E-state index is 12.8. The second-order valence-corrected chi connectivity index (χ2v) is 6.41. The molecule has 6 nitrogen and oxygen atoms in total. The first kappa shape index (κ1) is 20.4. The number of carbonyl (C=O) groups excluding carboxylic acids is 2. The molecule has 0 radical (unpaired) electrons. The molecule has 0 aliphatic carbocycles. The topological polar surface area (TPSA) is 77.4 Å². The Kier molecular flexibility index (Phi) is 6.93. The van der Waals surface area contributed by atoms with Gasteiger partial charge in [0, 0.05) is 18.7 Å². The Morgan fingerprint density at radius 2 is 1.85 bits per heavy atom. The summed E-state index contributed by atoms with van der Waals surface area (Å²) in [6.07, 6.45) is 2.04. The highest BCUT2D eigenvalue weighted by atomic mass is 16.5. The van der Waals surface area contributed by atoms with Crippen molar-refractivity contribution in [2.24, 2.45) is 0 Å². The van der Waals surface area contributed by atoms with Gasteiger partial charge in [-0.05, 0) is 44.0 Å². The number of pyridine rings is 1. The number of unbranched alkanes of at least 4 members (excludes halogenated alkanes) is 1. The second kappa shape index (κ2) is 9.16. The predicted octanol–water partition coefficient (Wildman–Crippen LogP) is 3.83. The molecule has 0 atom stereocenters. The van der Waals surface area contributed by atoms with Gasteiger partial charge in [0.2, 0.25) is 0 Å². The standard InChI is InChI=1S/C21H26N2O4/c1-5-7-12-23-15(4)14(3)13-16(21(23)26)20(25)22-17-10-8-9-11-18(17)27-19(24)6-2/h8-11,13H,5-7,12H2,1-4H3,(H,22,25). The maximum Gasteiger partial charge on any atom is 0.310 e. The van der Waals surface area contributed by atoms with Gasteiger partial charge >= 0.3 is 5.97 Å². The van der Waals surface area contributed by atoms with Gasteiger partial charge in [0.15, 0.2) is 5.75 Å². The molecule has 2 aromatic rings. The van der Waals surface area contributed by atoms with Gasteiger partial charge < -0.3 is 14.6 Å². The Morgan fingerprint density at radius 1 is 1.15 bits per heavy atom. The number of rotatable bonds is 7. The molecule has 1 heterocycles. The first-order valence-corrected chi connectivity index (χ1v) is 9.21. The van der Waals surface area contributed by atoms with Crippen LogP contribution in [0.5, 0.6) is 5.75 Å². The molecule has 0 spiro atoms. The zero-order valence-electron chi connectivity index (χ0n) is 16.3. The molecule has 1 aromatic heterocycles. The molecule has 6 heteroatoms. The summed E-state index contributed by atoms with van der Waals surface area (Å²) in [5.41, 5.74) is 1.85. The summed E-state index contributed by atoms with van der Waals surface area (Å²) in [5, 5.41) is 2.70. The molecule has 0 fully saturated rings. The van der Waals surface area contributed by atoms with Crippen LogP contribution in [0.25, 0.3) is 0 Å². The van der Waals surface area contributed by atoms with E-state index in [0.717, 1.165) is 24.1 Å². The Hall–Kier alpha value is -2.89. The molecule has 144 valence electrons. The van der Waals surface area contributed by atoms with Crippen LogP contribution in [0.2, 0.25) is 0 Å². The number of amides is 1. The lowest BCUT2D eigenvalue weighted by Crippen LogP contribution is -2.31. The van der Waals surface area contributed by atoms with Crippen LogP contribution in [0.4, 0.5) is 5.69 Å². The SMILES string of the molecule is CCCCn1c(C)c(C)cc(C(=O)Nc2ccccc2OC(=O)CC)c1=O. The lowest BCUT2D eigenvalue weighted by atomic mass is 10.1. The number of anilines is 1. The average molecular weight is 370 g/mol. The summed E-state index contributed by atoms with van der Waals surface area (Å²) in [7, 11) is 0. The van der Waals surface area contributed by atoms with E-state index in [-0.39, 0.29) is 23.3 Å². The van der Waals surface area contributed by atoms with E-state index in [9.17, 15) is 14.4 Å². The van der Waals surface area contributed by atoms with Gasteiger partial charge in [-0.1, -0.05) is 32.4 Å². The van der Waals surface area contributed by atoms with Crippen LogP contribution in [-0.2, 0) is 11.3 Å². The normalized spacial score (nSPS) is 10.5. The zero-order valence-corrected chi connectivity index (χ0v) is 16.3. The minimum atomic E-state index is -0.520. The molecule has 2 rings (SSSR count). The van der Waals surface area contributed by atoms with Crippen LogP contribution in [-0.4, -0.2) is 16.4 Å². The Balaban J connectivity index is 2.36. The fourth-order valence-corrected chi connectivity index (χ4v) is 2.68. The highest BCUT2D eigenvalue weighted by molar-refractivity contribution is 6.05. The second-order valence-electron chi connectivity index (χ2n) is 6.41. The maximum atomic E-state index is 12.8. The molecule has 1 amide bonds. The van der Waals surface area contributed by atoms with Gasteiger partial charge in [-0.15, -0.1) is 0 Å². The minimum absolute atomic E-state index is 0.0748. The summed E-state index contributed by atoms with van der Waals surface area (Å²) >= 11 is 0. The highest BCUT2D eigenvalue weighted by Gasteiger charge is 2.18. The van der Waals surface area contributed by atoms with Gasteiger partial charge in [0.05, 0.1) is 5.69 Å². The fraction of sp³-hybridized carbons (Fsp3) is 0.381. The van der Waals surface area contributed by atoms with Gasteiger partial charge in [0.1, 0.15) is 5.56 Å². The molecular weight excluding hydrogens is 344 g/mol. The summed E-state index contributed by atoms with van der Waals surface area (Å²) in [6.45, 7) is 8.09. The van der Waals surface area contributed by atoms with Crippen molar-refractivity contribution in [3.8, 4) is 5.75 Å². The number of para-hydroxylation sites is 2. The van der Waals surface area contributed by atoms with Gasteiger partial charge in [-0.3, -0.25) is 14.4 Å². The Morgan fingerprint density at radius 3 is 2.52 bits per heavy atom. The number of benzene rings is 1. The Labute approximate surface area is 159 Å². The van der Waals surface area contributed by atoms with Crippen molar-refractivity contribution in [2.45, 2.75) is 53.5 Å². The smallest absolute Gasteiger partial charge is 0.310 e. The molecule has 27 heavy (non-hydrogen) atoms. The monoisotopic (exact) mass is 370 g/mol. The molecule has 0 unspecified atom stereocenters. The van der Waals surface area contributed by atoms with Crippen molar-refractivity contribution in [2.75, 3.05) is 5.32 Å². The van der Waals surface area contributed by atoms with Gasteiger partial charge in [0.25, 0.3) is 11.5 Å². The van der Waals surface area contributed by atoms with Crippen molar-refractivity contribution in [3.05, 3.63) is 57.5 Å². The molecule has 0 aliphatic heterocycles. The quantitative estimate of drug-likeness (QED) is 0.593. The Bertz CT molecular complexity index is 900. The number of nitrogens with zero attached hydrogens (tertiary/aromatic N) is 1. The molecule has 0 saturated carbocycles. The first-order chi connectivity index (χ1) is 12.9. The van der Waals surface area contributed by atoms with E-state index in [1.807, 2.05) is 13.8 Å². The lowest BCUT2D eigenvalue weighted by molar-refractivity contribution is -0.133. The number of nitrogens with one attached hydrogen (secondary N) is 1. The predicted molar refractivity (Wildman–Crippen MR) is 105 cm³/mol. The number of carbonyl (C=O) groups is 2. The highest BCUT2D eigenvalue weighted by Crippen LogP contribution is 2.24. The molecule has 0 saturated heterocycles. The number of hydrogen-bond acceptors (Lipinski definition) is 4. The van der Waals surface area contributed by atoms with Crippen LogP contribution < -0.4 is 15.6 Å². The third kappa shape index (κ3) is 4.84. The molecule has 0 bridgehead atoms. The van der Waals surface area contributed by atoms with Crippen molar-refractivity contribution in [3.63, 3.8) is 0 Å². The lowest BCUT2D eigenvalue weighted by Gasteiger charge is -2.15. The van der Waals surface area contributed by atoms with Crippen LogP contribution in [0.15, 0.2) is 35.1 Å². The van der Waals surface area contributed by atoms with Crippen LogP contribution in [0.3, 0.4) is 0 Å². The molecular formula is C21H26N2O4. The van der Waals surface area contributed by atoms with Gasteiger partial charge in [-0.25, -0.2) is 0 Å². The number of hydrogen-bond donors (Lipinski definition) is 1. The summed E-state index contributed by atoms with van der Waals surface area (Å²) < 4.78 is 6.89. The number of aromatic nitrogens is 1. The fourth-order valence-electron chi connectivity index (χ4n) is 2.68. The van der Waals surface area contributed by atoms with Crippen molar-refractivity contribution < 1.29 is 14.3 Å². The van der Waals surface area contributed by atoms with E-state index < -0.39 is 11.9 Å². The summed E-state index contributed by atoms with van der Waals surface area (Å²) in [4.78, 5) is 37.2. The van der Waals surface area contributed by atoms with E-state index in [1.54, 1.807) is 41.8 Å². The molecule has 0 aliphatic rings. The van der Waals surface area contributed by atoms with E-state index >= 15 is 0 Å². The third-order valence-electron chi connectivity index (χ3n) is 4.44. The number of ether oxygens (including phenoxy) is 1. The van der Waals surface area contributed by atoms with Crippen LogP contribution >= 0.6 is 0 Å². The van der Waals surface area contributed by atoms with Gasteiger partial charge in [-0.2, -0.15) is 0 Å². The third-order valence-corrected chi connectivity index (χ3v) is 4.44. The van der Waals surface area contributed by atoms with E-state index in [2.05, 4.69) is 12.2 Å². The average Bonchev–Trinajstić information content (AvgIpc) is 2.66. The largest absolute Gasteiger partial charge is 0.424 e. The summed E-state index contributed by atoms with van der Waals surface area (Å²) in [6, 6.07) is 8.27. The summed E-state index contributed by atoms with van der Waals surface area (Å²) in [5.74, 6) is -0.661. The van der Waals surface area contributed by atoms with Crippen molar-refractivity contribution >= 4 is 17.6 Å². The molecule has 1 N–H and O–H groups in total. The van der Waals surface area contributed by atoms with E-state index in [0.29, 0.717) is 12.2 Å². The minimum Gasteiger partial charge on any atom is -0.424 e. The van der Waals surface area contributed by atoms with E-state index in [1.165, 1.54) is 0 Å².